The number of anilines is 1. The molecule has 32 heavy (non-hydrogen) atoms. The number of hydrogen-bond acceptors (Lipinski definition) is 5. The van der Waals surface area contributed by atoms with E-state index in [9.17, 15) is 14.3 Å². The van der Waals surface area contributed by atoms with Crippen LogP contribution in [0.3, 0.4) is 0 Å². The van der Waals surface area contributed by atoms with Crippen LogP contribution in [-0.4, -0.2) is 49.6 Å². The molecule has 176 valence electrons. The topological polar surface area (TPSA) is 59.0 Å². The minimum atomic E-state index is -0.687. The predicted molar refractivity (Wildman–Crippen MR) is 125 cm³/mol. The second-order valence-electron chi connectivity index (χ2n) is 9.20. The van der Waals surface area contributed by atoms with Crippen molar-refractivity contribution in [2.45, 2.75) is 58.7 Å². The fourth-order valence-corrected chi connectivity index (χ4v) is 4.35. The summed E-state index contributed by atoms with van der Waals surface area (Å²) < 4.78 is 25.6. The van der Waals surface area contributed by atoms with Gasteiger partial charge in [0, 0.05) is 24.7 Å². The molecule has 4 atom stereocenters. The molecule has 0 radical (unpaired) electrons. The van der Waals surface area contributed by atoms with Crippen LogP contribution < -0.4 is 4.90 Å². The molecule has 0 bridgehead atoms. The standard InChI is InChI=1S/C26H36FNO4/c1-18-5-4-6-19(2)26(32-25(30)17-24(29)8-7-18)20(3)13-21-14-22(27)16-23(15-21)28-9-11-31-12-10-28/h4,6,13-16,18-19,24,26,29H,5,7-12,17H2,1-3H3/b6-4+,20-13+/t18-,19+,24-,26+/m0/s1. The molecule has 1 fully saturated rings. The smallest absolute Gasteiger partial charge is 0.309 e. The average Bonchev–Trinajstić information content (AvgIpc) is 2.75. The summed E-state index contributed by atoms with van der Waals surface area (Å²) in [5.41, 5.74) is 2.40. The van der Waals surface area contributed by atoms with Crippen LogP contribution in [0.15, 0.2) is 35.9 Å². The number of cyclic esters (lactones) is 1. The van der Waals surface area contributed by atoms with Crippen LogP contribution in [0.4, 0.5) is 10.1 Å². The Morgan fingerprint density at radius 1 is 1.19 bits per heavy atom. The zero-order valence-electron chi connectivity index (χ0n) is 19.4. The Morgan fingerprint density at radius 2 is 1.94 bits per heavy atom. The van der Waals surface area contributed by atoms with Crippen LogP contribution in [0.25, 0.3) is 6.08 Å². The lowest BCUT2D eigenvalue weighted by molar-refractivity contribution is -0.151. The van der Waals surface area contributed by atoms with Gasteiger partial charge in [-0.1, -0.05) is 32.1 Å². The monoisotopic (exact) mass is 445 g/mol. The molecule has 0 aromatic heterocycles. The third kappa shape index (κ3) is 7.17. The number of carbonyl (C=O) groups is 1. The second kappa shape index (κ2) is 11.6. The minimum Gasteiger partial charge on any atom is -0.457 e. The number of rotatable bonds is 3. The van der Waals surface area contributed by atoms with Crippen molar-refractivity contribution in [2.75, 3.05) is 31.2 Å². The molecule has 1 aromatic rings. The number of allylic oxidation sites excluding steroid dienone is 1. The molecular formula is C26H36FNO4. The summed E-state index contributed by atoms with van der Waals surface area (Å²) in [6, 6.07) is 5.00. The Bertz CT molecular complexity index is 831. The van der Waals surface area contributed by atoms with Gasteiger partial charge in [-0.15, -0.1) is 0 Å². The van der Waals surface area contributed by atoms with E-state index >= 15 is 0 Å². The Morgan fingerprint density at radius 3 is 2.69 bits per heavy atom. The number of halogens is 1. The van der Waals surface area contributed by atoms with E-state index in [0.717, 1.165) is 42.8 Å². The van der Waals surface area contributed by atoms with Gasteiger partial charge < -0.3 is 19.5 Å². The average molecular weight is 446 g/mol. The number of hydrogen-bond donors (Lipinski definition) is 1. The highest BCUT2D eigenvalue weighted by Crippen LogP contribution is 2.26. The van der Waals surface area contributed by atoms with Crippen molar-refractivity contribution in [1.82, 2.24) is 0 Å². The van der Waals surface area contributed by atoms with Gasteiger partial charge in [0.2, 0.25) is 0 Å². The van der Waals surface area contributed by atoms with Crippen molar-refractivity contribution in [3.63, 3.8) is 0 Å². The highest BCUT2D eigenvalue weighted by Gasteiger charge is 2.24. The second-order valence-corrected chi connectivity index (χ2v) is 9.20. The molecule has 6 heteroatoms. The molecule has 0 spiro atoms. The molecule has 0 unspecified atom stereocenters. The van der Waals surface area contributed by atoms with E-state index in [-0.39, 0.29) is 18.2 Å². The highest BCUT2D eigenvalue weighted by atomic mass is 19.1. The maximum Gasteiger partial charge on any atom is 0.309 e. The van der Waals surface area contributed by atoms with E-state index in [4.69, 9.17) is 9.47 Å². The number of esters is 1. The molecule has 1 saturated heterocycles. The summed E-state index contributed by atoms with van der Waals surface area (Å²) in [6.07, 6.45) is 7.34. The first-order valence-corrected chi connectivity index (χ1v) is 11.7. The lowest BCUT2D eigenvalue weighted by atomic mass is 9.93. The zero-order valence-corrected chi connectivity index (χ0v) is 19.4. The SMILES string of the molecule is C/C(=C\c1cc(F)cc(N2CCOCC2)c1)[C@@H]1OC(=O)C[C@@H](O)CC[C@@H](C)C/C=C/[C@H]1C. The summed E-state index contributed by atoms with van der Waals surface area (Å²) in [4.78, 5) is 14.6. The molecule has 2 heterocycles. The van der Waals surface area contributed by atoms with E-state index in [2.05, 4.69) is 24.0 Å². The van der Waals surface area contributed by atoms with E-state index in [1.807, 2.05) is 26.0 Å². The van der Waals surface area contributed by atoms with Crippen molar-refractivity contribution >= 4 is 17.7 Å². The third-order valence-electron chi connectivity index (χ3n) is 6.23. The molecule has 2 aliphatic heterocycles. The lowest BCUT2D eigenvalue weighted by Gasteiger charge is -2.29. The van der Waals surface area contributed by atoms with Gasteiger partial charge in [0.15, 0.2) is 0 Å². The maximum absolute atomic E-state index is 14.4. The molecule has 5 nitrogen and oxygen atoms in total. The molecule has 3 rings (SSSR count). The van der Waals surface area contributed by atoms with Gasteiger partial charge in [-0.25, -0.2) is 4.39 Å². The fourth-order valence-electron chi connectivity index (χ4n) is 4.35. The summed E-state index contributed by atoms with van der Waals surface area (Å²) in [6.45, 7) is 8.81. The normalized spacial score (nSPS) is 29.6. The number of aliphatic hydroxyl groups excluding tert-OH is 1. The largest absolute Gasteiger partial charge is 0.457 e. The van der Waals surface area contributed by atoms with Crippen LogP contribution in [0.1, 0.15) is 52.0 Å². The van der Waals surface area contributed by atoms with Gasteiger partial charge >= 0.3 is 5.97 Å². The van der Waals surface area contributed by atoms with Crippen molar-refractivity contribution in [2.24, 2.45) is 11.8 Å². The van der Waals surface area contributed by atoms with Gasteiger partial charge in [-0.05, 0) is 61.4 Å². The van der Waals surface area contributed by atoms with Gasteiger partial charge in [-0.3, -0.25) is 4.79 Å². The van der Waals surface area contributed by atoms with Gasteiger partial charge in [0.25, 0.3) is 0 Å². The van der Waals surface area contributed by atoms with Crippen LogP contribution in [0, 0.1) is 17.7 Å². The number of nitrogens with zero attached hydrogens (tertiary/aromatic N) is 1. The van der Waals surface area contributed by atoms with Crippen molar-refractivity contribution in [3.8, 4) is 0 Å². The predicted octanol–water partition coefficient (Wildman–Crippen LogP) is 4.74. The van der Waals surface area contributed by atoms with Gasteiger partial charge in [0.05, 0.1) is 25.7 Å². The van der Waals surface area contributed by atoms with Crippen LogP contribution in [0.5, 0.6) is 0 Å². The number of morpholine rings is 1. The Labute approximate surface area is 190 Å². The number of benzene rings is 1. The van der Waals surface area contributed by atoms with Crippen molar-refractivity contribution < 1.29 is 23.8 Å². The third-order valence-corrected chi connectivity index (χ3v) is 6.23. The first kappa shape index (κ1) is 24.5. The molecule has 2 aliphatic rings. The Hall–Kier alpha value is -2.18. The Kier molecular flexibility index (Phi) is 8.88. The maximum atomic E-state index is 14.4. The van der Waals surface area contributed by atoms with E-state index in [0.29, 0.717) is 25.6 Å². The van der Waals surface area contributed by atoms with E-state index in [1.54, 1.807) is 6.07 Å². The first-order valence-electron chi connectivity index (χ1n) is 11.7. The van der Waals surface area contributed by atoms with E-state index < -0.39 is 18.2 Å². The van der Waals surface area contributed by atoms with Crippen molar-refractivity contribution in [1.29, 1.82) is 0 Å². The van der Waals surface area contributed by atoms with Crippen LogP contribution >= 0.6 is 0 Å². The number of aliphatic hydroxyl groups is 1. The van der Waals surface area contributed by atoms with E-state index in [1.165, 1.54) is 6.07 Å². The summed E-state index contributed by atoms with van der Waals surface area (Å²) in [5.74, 6) is -0.290. The Balaban J connectivity index is 1.84. The molecular weight excluding hydrogens is 409 g/mol. The van der Waals surface area contributed by atoms with Crippen molar-refractivity contribution in [3.05, 3.63) is 47.3 Å². The molecule has 0 aliphatic carbocycles. The number of ether oxygens (including phenoxy) is 2. The van der Waals surface area contributed by atoms with Gasteiger partial charge in [0.1, 0.15) is 11.9 Å². The molecule has 1 N–H and O–H groups in total. The fraction of sp³-hybridized carbons (Fsp3) is 0.577. The first-order chi connectivity index (χ1) is 15.3. The number of carbonyl (C=O) groups excluding carboxylic acids is 1. The summed E-state index contributed by atoms with van der Waals surface area (Å²) in [7, 11) is 0. The summed E-state index contributed by atoms with van der Waals surface area (Å²) >= 11 is 0. The lowest BCUT2D eigenvalue weighted by Crippen LogP contribution is -2.36. The minimum absolute atomic E-state index is 0.00587. The van der Waals surface area contributed by atoms with Crippen LogP contribution in [0.2, 0.25) is 0 Å². The van der Waals surface area contributed by atoms with Crippen LogP contribution in [-0.2, 0) is 14.3 Å². The molecule has 0 amide bonds. The zero-order chi connectivity index (χ0) is 23.1. The highest BCUT2D eigenvalue weighted by molar-refractivity contribution is 5.71. The van der Waals surface area contributed by atoms with Gasteiger partial charge in [-0.2, -0.15) is 0 Å². The molecule has 0 saturated carbocycles. The quantitative estimate of drug-likeness (QED) is 0.538. The summed E-state index contributed by atoms with van der Waals surface area (Å²) in [5, 5.41) is 10.2. The molecule has 1 aromatic carbocycles.